The fourth-order valence-electron chi connectivity index (χ4n) is 3.39. The lowest BCUT2D eigenvalue weighted by Gasteiger charge is -2.14. The van der Waals surface area contributed by atoms with Crippen LogP contribution in [0.4, 0.5) is 0 Å². The Kier molecular flexibility index (Phi) is 5.59. The van der Waals surface area contributed by atoms with Gasteiger partial charge in [0.05, 0.1) is 21.8 Å². The lowest BCUT2D eigenvalue weighted by Crippen LogP contribution is -2.31. The second-order valence-corrected chi connectivity index (χ2v) is 8.42. The van der Waals surface area contributed by atoms with Crippen molar-refractivity contribution in [2.75, 3.05) is 6.54 Å². The first-order chi connectivity index (χ1) is 14.5. The molecule has 0 fully saturated rings. The van der Waals surface area contributed by atoms with Gasteiger partial charge in [-0.15, -0.1) is 10.2 Å². The maximum absolute atomic E-state index is 13.4. The molecule has 0 bridgehead atoms. The molecule has 0 saturated carbocycles. The van der Waals surface area contributed by atoms with Crippen molar-refractivity contribution in [3.8, 4) is 5.69 Å². The van der Waals surface area contributed by atoms with Gasteiger partial charge in [0.2, 0.25) is 11.7 Å². The number of para-hydroxylation sites is 2. The summed E-state index contributed by atoms with van der Waals surface area (Å²) < 4.78 is 3.45. The van der Waals surface area contributed by atoms with Gasteiger partial charge in [0.1, 0.15) is 0 Å². The number of rotatable bonds is 6. The monoisotopic (exact) mass is 421 g/mol. The Hall–Kier alpha value is -3.13. The van der Waals surface area contributed by atoms with Gasteiger partial charge in [-0.2, -0.15) is 0 Å². The number of nitrogens with one attached hydrogen (secondary N) is 1. The van der Waals surface area contributed by atoms with Gasteiger partial charge in [0.25, 0.3) is 5.56 Å². The molecule has 30 heavy (non-hydrogen) atoms. The molecule has 1 N–H and O–H groups in total. The SMILES string of the molecule is CCCNC(=O)[C@@H](C)Sc1nnc2n(-c3ccccc3C)c(=O)c3ccccc3n12. The molecular weight excluding hydrogens is 398 g/mol. The van der Waals surface area contributed by atoms with Crippen LogP contribution in [-0.2, 0) is 4.79 Å². The summed E-state index contributed by atoms with van der Waals surface area (Å²) in [6, 6.07) is 15.1. The van der Waals surface area contributed by atoms with Crippen LogP contribution in [0.1, 0.15) is 25.8 Å². The molecule has 2 heterocycles. The van der Waals surface area contributed by atoms with E-state index in [9.17, 15) is 9.59 Å². The van der Waals surface area contributed by atoms with Crippen LogP contribution >= 0.6 is 11.8 Å². The highest BCUT2D eigenvalue weighted by Gasteiger charge is 2.22. The summed E-state index contributed by atoms with van der Waals surface area (Å²) in [5.41, 5.74) is 2.29. The number of benzene rings is 2. The van der Waals surface area contributed by atoms with E-state index in [1.54, 1.807) is 10.6 Å². The molecule has 0 spiro atoms. The Labute approximate surface area is 178 Å². The van der Waals surface area contributed by atoms with Crippen molar-refractivity contribution in [1.82, 2.24) is 24.5 Å². The third-order valence-corrected chi connectivity index (χ3v) is 5.99. The van der Waals surface area contributed by atoms with E-state index < -0.39 is 0 Å². The van der Waals surface area contributed by atoms with E-state index in [1.165, 1.54) is 11.8 Å². The first-order valence-corrected chi connectivity index (χ1v) is 10.8. The lowest BCUT2D eigenvalue weighted by atomic mass is 10.2. The number of nitrogens with zero attached hydrogens (tertiary/aromatic N) is 4. The number of hydrogen-bond donors (Lipinski definition) is 1. The third kappa shape index (κ3) is 3.47. The molecule has 154 valence electrons. The van der Waals surface area contributed by atoms with Crippen LogP contribution in [-0.4, -0.2) is 36.9 Å². The van der Waals surface area contributed by atoms with E-state index in [2.05, 4.69) is 15.5 Å². The topological polar surface area (TPSA) is 81.3 Å². The molecule has 2 aromatic carbocycles. The van der Waals surface area contributed by atoms with E-state index >= 15 is 0 Å². The summed E-state index contributed by atoms with van der Waals surface area (Å²) in [5.74, 6) is 0.381. The number of thioether (sulfide) groups is 1. The molecule has 1 atom stereocenters. The van der Waals surface area contributed by atoms with Crippen molar-refractivity contribution in [1.29, 1.82) is 0 Å². The van der Waals surface area contributed by atoms with Gasteiger partial charge in [0.15, 0.2) is 5.16 Å². The van der Waals surface area contributed by atoms with E-state index in [1.807, 2.05) is 67.6 Å². The fraction of sp³-hybridized carbons (Fsp3) is 0.273. The van der Waals surface area contributed by atoms with Crippen molar-refractivity contribution in [2.24, 2.45) is 0 Å². The summed E-state index contributed by atoms with van der Waals surface area (Å²) in [7, 11) is 0. The first-order valence-electron chi connectivity index (χ1n) is 9.92. The van der Waals surface area contributed by atoms with Crippen LogP contribution in [0.3, 0.4) is 0 Å². The van der Waals surface area contributed by atoms with E-state index in [0.717, 1.165) is 23.2 Å². The highest BCUT2D eigenvalue weighted by Crippen LogP contribution is 2.26. The van der Waals surface area contributed by atoms with E-state index in [-0.39, 0.29) is 16.7 Å². The number of hydrogen-bond acceptors (Lipinski definition) is 5. The molecule has 0 saturated heterocycles. The second-order valence-electron chi connectivity index (χ2n) is 7.11. The largest absolute Gasteiger partial charge is 0.355 e. The zero-order chi connectivity index (χ0) is 21.3. The number of aryl methyl sites for hydroxylation is 1. The van der Waals surface area contributed by atoms with Crippen LogP contribution in [0.15, 0.2) is 58.5 Å². The van der Waals surface area contributed by atoms with Crippen LogP contribution in [0.5, 0.6) is 0 Å². The highest BCUT2D eigenvalue weighted by atomic mass is 32.2. The third-order valence-electron chi connectivity index (χ3n) is 4.95. The molecule has 0 aliphatic rings. The minimum atomic E-state index is -0.346. The van der Waals surface area contributed by atoms with Crippen LogP contribution in [0.2, 0.25) is 0 Å². The molecule has 0 unspecified atom stereocenters. The molecule has 0 aliphatic carbocycles. The molecule has 2 aromatic heterocycles. The summed E-state index contributed by atoms with van der Waals surface area (Å²) in [5, 5.41) is 12.4. The number of carbonyl (C=O) groups excluding carboxylic acids is 1. The summed E-state index contributed by atoms with van der Waals surface area (Å²) in [6.45, 7) is 6.46. The summed E-state index contributed by atoms with van der Waals surface area (Å²) >= 11 is 1.33. The van der Waals surface area contributed by atoms with Gasteiger partial charge >= 0.3 is 0 Å². The molecule has 7 nitrogen and oxygen atoms in total. The van der Waals surface area contributed by atoms with Gasteiger partial charge in [-0.3, -0.25) is 14.0 Å². The van der Waals surface area contributed by atoms with Crippen molar-refractivity contribution >= 4 is 34.3 Å². The Morgan fingerprint density at radius 1 is 1.13 bits per heavy atom. The minimum absolute atomic E-state index is 0.0462. The van der Waals surface area contributed by atoms with Gasteiger partial charge in [-0.05, 0) is 44.0 Å². The maximum Gasteiger partial charge on any atom is 0.267 e. The Balaban J connectivity index is 1.93. The number of fused-ring (bicyclic) bond motifs is 3. The molecule has 4 aromatic rings. The summed E-state index contributed by atoms with van der Waals surface area (Å²) in [4.78, 5) is 25.7. The Morgan fingerprint density at radius 2 is 1.87 bits per heavy atom. The van der Waals surface area contributed by atoms with Gasteiger partial charge in [-0.25, -0.2) is 4.57 Å². The maximum atomic E-state index is 13.4. The molecule has 1 amide bonds. The zero-order valence-corrected chi connectivity index (χ0v) is 17.9. The quantitative estimate of drug-likeness (QED) is 0.483. The smallest absolute Gasteiger partial charge is 0.267 e. The van der Waals surface area contributed by atoms with Crippen molar-refractivity contribution in [3.05, 3.63) is 64.4 Å². The second kappa shape index (κ2) is 8.31. The number of carbonyl (C=O) groups is 1. The first kappa shape index (κ1) is 20.2. The van der Waals surface area contributed by atoms with Crippen molar-refractivity contribution in [2.45, 2.75) is 37.6 Å². The standard InChI is InChI=1S/C22H23N5O2S/c1-4-13-23-19(28)15(3)30-22-25-24-21-26(17-11-7-5-9-14(17)2)20(29)16-10-6-8-12-18(16)27(21)22/h5-12,15H,4,13H2,1-3H3,(H,23,28)/t15-/m1/s1. The van der Waals surface area contributed by atoms with Gasteiger partial charge < -0.3 is 5.32 Å². The van der Waals surface area contributed by atoms with Crippen LogP contribution in [0, 0.1) is 6.92 Å². The fourth-order valence-corrected chi connectivity index (χ4v) is 4.27. The Morgan fingerprint density at radius 3 is 2.63 bits per heavy atom. The van der Waals surface area contributed by atoms with Gasteiger partial charge in [-0.1, -0.05) is 49.0 Å². The van der Waals surface area contributed by atoms with Crippen LogP contribution in [0.25, 0.3) is 22.4 Å². The lowest BCUT2D eigenvalue weighted by molar-refractivity contribution is -0.120. The molecule has 4 rings (SSSR count). The zero-order valence-electron chi connectivity index (χ0n) is 17.1. The summed E-state index contributed by atoms with van der Waals surface area (Å²) in [6.07, 6.45) is 0.879. The average molecular weight is 422 g/mol. The molecule has 8 heteroatoms. The molecular formula is C22H23N5O2S. The van der Waals surface area contributed by atoms with Crippen molar-refractivity contribution in [3.63, 3.8) is 0 Å². The predicted octanol–water partition coefficient (Wildman–Crippen LogP) is 3.35. The predicted molar refractivity (Wildman–Crippen MR) is 119 cm³/mol. The number of aromatic nitrogens is 4. The van der Waals surface area contributed by atoms with Crippen LogP contribution < -0.4 is 10.9 Å². The average Bonchev–Trinajstić information content (AvgIpc) is 3.16. The number of amides is 1. The van der Waals surface area contributed by atoms with Gasteiger partial charge in [0, 0.05) is 6.54 Å². The minimum Gasteiger partial charge on any atom is -0.355 e. The van der Waals surface area contributed by atoms with E-state index in [4.69, 9.17) is 0 Å². The molecule has 0 radical (unpaired) electrons. The normalized spacial score (nSPS) is 12.4. The Bertz CT molecular complexity index is 1290. The van der Waals surface area contributed by atoms with Crippen molar-refractivity contribution < 1.29 is 4.79 Å². The van der Waals surface area contributed by atoms with E-state index in [0.29, 0.717) is 22.9 Å². The molecule has 0 aliphatic heterocycles. The highest BCUT2D eigenvalue weighted by molar-refractivity contribution is 8.00.